The number of carbonyl (C=O) groups is 1. The first-order chi connectivity index (χ1) is 9.27. The summed E-state index contributed by atoms with van der Waals surface area (Å²) in [5.74, 6) is 0.671. The molecule has 1 aliphatic rings. The zero-order valence-electron chi connectivity index (χ0n) is 10.6. The fraction of sp³-hybridized carbons (Fsp3) is 0.214. The van der Waals surface area contributed by atoms with Crippen LogP contribution in [0.1, 0.15) is 16.1 Å². The number of nitrogens with zero attached hydrogens (tertiary/aromatic N) is 3. The van der Waals surface area contributed by atoms with Gasteiger partial charge in [0.05, 0.1) is 5.69 Å². The number of nitrogens with one attached hydrogen (secondary N) is 1. The summed E-state index contributed by atoms with van der Waals surface area (Å²) in [6.45, 7) is 3.21. The molecule has 0 saturated heterocycles. The van der Waals surface area contributed by atoms with Gasteiger partial charge in [0.1, 0.15) is 11.5 Å². The molecule has 0 atom stereocenters. The quantitative estimate of drug-likeness (QED) is 0.844. The van der Waals surface area contributed by atoms with E-state index in [4.69, 9.17) is 0 Å². The van der Waals surface area contributed by atoms with Gasteiger partial charge in [0.2, 0.25) is 0 Å². The van der Waals surface area contributed by atoms with Crippen LogP contribution in [0.2, 0.25) is 0 Å². The number of anilines is 2. The first kappa shape index (κ1) is 11.6. The van der Waals surface area contributed by atoms with E-state index < -0.39 is 0 Å². The largest absolute Gasteiger partial charge is 0.367 e. The molecule has 1 amide bonds. The Morgan fingerprint density at radius 1 is 1.26 bits per heavy atom. The summed E-state index contributed by atoms with van der Waals surface area (Å²) < 4.78 is 0. The van der Waals surface area contributed by atoms with Crippen molar-refractivity contribution in [1.29, 1.82) is 0 Å². The number of aromatic nitrogens is 2. The summed E-state index contributed by atoms with van der Waals surface area (Å²) in [6, 6.07) is 7.45. The molecule has 2 aromatic rings. The molecule has 19 heavy (non-hydrogen) atoms. The van der Waals surface area contributed by atoms with E-state index >= 15 is 0 Å². The van der Waals surface area contributed by atoms with Crippen LogP contribution in [0.15, 0.2) is 36.7 Å². The van der Waals surface area contributed by atoms with Crippen LogP contribution in [0, 0.1) is 6.92 Å². The van der Waals surface area contributed by atoms with Gasteiger partial charge in [-0.15, -0.1) is 0 Å². The Morgan fingerprint density at radius 2 is 2.05 bits per heavy atom. The number of rotatable bonds is 1. The van der Waals surface area contributed by atoms with E-state index in [0.717, 1.165) is 17.1 Å². The Bertz CT molecular complexity index is 626. The lowest BCUT2D eigenvalue weighted by Gasteiger charge is -2.29. The highest BCUT2D eigenvalue weighted by molar-refractivity contribution is 6.07. The minimum absolute atomic E-state index is 0.0751. The third-order valence-electron chi connectivity index (χ3n) is 3.16. The predicted octanol–water partition coefficient (Wildman–Crippen LogP) is 1.86. The maximum atomic E-state index is 12.6. The molecule has 0 aliphatic carbocycles. The van der Waals surface area contributed by atoms with Crippen molar-refractivity contribution < 1.29 is 4.79 Å². The second-order valence-corrected chi connectivity index (χ2v) is 4.42. The van der Waals surface area contributed by atoms with E-state index in [1.54, 1.807) is 17.3 Å². The molecule has 0 unspecified atom stereocenters. The van der Waals surface area contributed by atoms with Crippen LogP contribution >= 0.6 is 0 Å². The second-order valence-electron chi connectivity index (χ2n) is 4.42. The SMILES string of the molecule is Cc1cccnc1C(=O)N1CCNc2ncccc21. The van der Waals surface area contributed by atoms with E-state index in [2.05, 4.69) is 15.3 Å². The van der Waals surface area contributed by atoms with Crippen LogP contribution in [0.25, 0.3) is 0 Å². The summed E-state index contributed by atoms with van der Waals surface area (Å²) >= 11 is 0. The van der Waals surface area contributed by atoms with Gasteiger partial charge in [0.25, 0.3) is 5.91 Å². The van der Waals surface area contributed by atoms with Gasteiger partial charge < -0.3 is 10.2 Å². The minimum atomic E-state index is -0.0751. The molecule has 0 aromatic carbocycles. The van der Waals surface area contributed by atoms with Crippen molar-refractivity contribution in [2.24, 2.45) is 0 Å². The molecular formula is C14H14N4O. The normalized spacial score (nSPS) is 13.6. The summed E-state index contributed by atoms with van der Waals surface area (Å²) in [5, 5.41) is 3.19. The summed E-state index contributed by atoms with van der Waals surface area (Å²) in [6.07, 6.45) is 3.36. The van der Waals surface area contributed by atoms with Crippen molar-refractivity contribution in [2.75, 3.05) is 23.3 Å². The van der Waals surface area contributed by atoms with E-state index in [1.807, 2.05) is 31.2 Å². The Morgan fingerprint density at radius 3 is 2.89 bits per heavy atom. The fourth-order valence-electron chi connectivity index (χ4n) is 2.21. The molecule has 96 valence electrons. The zero-order chi connectivity index (χ0) is 13.2. The van der Waals surface area contributed by atoms with E-state index in [9.17, 15) is 4.79 Å². The topological polar surface area (TPSA) is 58.1 Å². The highest BCUT2D eigenvalue weighted by Gasteiger charge is 2.25. The Labute approximate surface area is 111 Å². The third kappa shape index (κ3) is 2.03. The lowest BCUT2D eigenvalue weighted by atomic mass is 10.1. The van der Waals surface area contributed by atoms with Gasteiger partial charge in [-0.1, -0.05) is 6.07 Å². The smallest absolute Gasteiger partial charge is 0.277 e. The van der Waals surface area contributed by atoms with Crippen LogP contribution in [0.4, 0.5) is 11.5 Å². The van der Waals surface area contributed by atoms with Gasteiger partial charge >= 0.3 is 0 Å². The molecular weight excluding hydrogens is 240 g/mol. The van der Waals surface area contributed by atoms with Crippen LogP contribution in [0.3, 0.4) is 0 Å². The van der Waals surface area contributed by atoms with Crippen LogP contribution < -0.4 is 10.2 Å². The van der Waals surface area contributed by atoms with Crippen LogP contribution in [-0.4, -0.2) is 29.0 Å². The first-order valence-corrected chi connectivity index (χ1v) is 6.20. The predicted molar refractivity (Wildman–Crippen MR) is 73.4 cm³/mol. The minimum Gasteiger partial charge on any atom is -0.367 e. The van der Waals surface area contributed by atoms with Crippen molar-refractivity contribution in [3.63, 3.8) is 0 Å². The van der Waals surface area contributed by atoms with E-state index in [0.29, 0.717) is 18.8 Å². The molecule has 3 heterocycles. The fourth-order valence-corrected chi connectivity index (χ4v) is 2.21. The van der Waals surface area contributed by atoms with E-state index in [-0.39, 0.29) is 5.91 Å². The van der Waals surface area contributed by atoms with Gasteiger partial charge in [-0.2, -0.15) is 0 Å². The molecule has 5 heteroatoms. The molecule has 1 aliphatic heterocycles. The highest BCUT2D eigenvalue weighted by atomic mass is 16.2. The third-order valence-corrected chi connectivity index (χ3v) is 3.16. The van der Waals surface area contributed by atoms with Crippen molar-refractivity contribution in [1.82, 2.24) is 9.97 Å². The van der Waals surface area contributed by atoms with Gasteiger partial charge in [0, 0.05) is 25.5 Å². The number of aryl methyl sites for hydroxylation is 1. The van der Waals surface area contributed by atoms with Crippen molar-refractivity contribution in [3.05, 3.63) is 47.9 Å². The molecule has 3 rings (SSSR count). The first-order valence-electron chi connectivity index (χ1n) is 6.20. The average Bonchev–Trinajstić information content (AvgIpc) is 2.46. The summed E-state index contributed by atoms with van der Waals surface area (Å²) in [4.78, 5) is 22.8. The van der Waals surface area contributed by atoms with Gasteiger partial charge in [-0.05, 0) is 30.7 Å². The van der Waals surface area contributed by atoms with Crippen molar-refractivity contribution in [2.45, 2.75) is 6.92 Å². The van der Waals surface area contributed by atoms with Crippen LogP contribution in [0.5, 0.6) is 0 Å². The standard InChI is InChI=1S/C14H14N4O/c1-10-4-2-6-15-12(10)14(19)18-9-8-17-13-11(18)5-3-7-16-13/h2-7H,8-9H2,1H3,(H,16,17). The number of hydrogen-bond acceptors (Lipinski definition) is 4. The maximum Gasteiger partial charge on any atom is 0.277 e. The highest BCUT2D eigenvalue weighted by Crippen LogP contribution is 2.27. The number of amides is 1. The number of pyridine rings is 2. The number of carbonyl (C=O) groups excluding carboxylic acids is 1. The van der Waals surface area contributed by atoms with Gasteiger partial charge in [0.15, 0.2) is 0 Å². The van der Waals surface area contributed by atoms with E-state index in [1.165, 1.54) is 0 Å². The van der Waals surface area contributed by atoms with Gasteiger partial charge in [-0.3, -0.25) is 9.78 Å². The molecule has 0 spiro atoms. The molecule has 0 radical (unpaired) electrons. The van der Waals surface area contributed by atoms with Gasteiger partial charge in [-0.25, -0.2) is 4.98 Å². The molecule has 1 N–H and O–H groups in total. The number of hydrogen-bond donors (Lipinski definition) is 1. The van der Waals surface area contributed by atoms with Crippen LogP contribution in [-0.2, 0) is 0 Å². The lowest BCUT2D eigenvalue weighted by molar-refractivity contribution is 0.0982. The summed E-state index contributed by atoms with van der Waals surface area (Å²) in [7, 11) is 0. The Balaban J connectivity index is 2.00. The maximum absolute atomic E-state index is 12.6. The average molecular weight is 254 g/mol. The second kappa shape index (κ2) is 4.68. The Kier molecular flexibility index (Phi) is 2.87. The molecule has 5 nitrogen and oxygen atoms in total. The van der Waals surface area contributed by atoms with Crippen molar-refractivity contribution in [3.8, 4) is 0 Å². The zero-order valence-corrected chi connectivity index (χ0v) is 10.6. The lowest BCUT2D eigenvalue weighted by Crippen LogP contribution is -2.39. The monoisotopic (exact) mass is 254 g/mol. The molecule has 0 bridgehead atoms. The molecule has 0 saturated carbocycles. The van der Waals surface area contributed by atoms with Crippen molar-refractivity contribution >= 4 is 17.4 Å². The Hall–Kier alpha value is -2.43. The summed E-state index contributed by atoms with van der Waals surface area (Å²) in [5.41, 5.74) is 2.19. The molecule has 0 fully saturated rings. The molecule has 2 aromatic heterocycles. The number of fused-ring (bicyclic) bond motifs is 1.